The highest BCUT2D eigenvalue weighted by Gasteiger charge is 2.11. The number of benzene rings is 2. The van der Waals surface area contributed by atoms with Crippen molar-refractivity contribution in [3.63, 3.8) is 0 Å². The summed E-state index contributed by atoms with van der Waals surface area (Å²) in [4.78, 5) is 20.9. The second kappa shape index (κ2) is 7.93. The molecule has 1 heterocycles. The van der Waals surface area contributed by atoms with Crippen LogP contribution in [0.5, 0.6) is 0 Å². The summed E-state index contributed by atoms with van der Waals surface area (Å²) in [6, 6.07) is 14.6. The summed E-state index contributed by atoms with van der Waals surface area (Å²) in [5.41, 5.74) is 1.71. The number of aryl methyl sites for hydroxylation is 1. The molecular formula is C19H16ClFN4O. The summed E-state index contributed by atoms with van der Waals surface area (Å²) >= 11 is 5.92. The van der Waals surface area contributed by atoms with Gasteiger partial charge in [-0.1, -0.05) is 29.8 Å². The van der Waals surface area contributed by atoms with Crippen LogP contribution in [0.2, 0.25) is 5.02 Å². The molecule has 0 aliphatic heterocycles. The molecule has 0 saturated carbocycles. The molecule has 7 heteroatoms. The summed E-state index contributed by atoms with van der Waals surface area (Å²) in [5.74, 6) is 0.331. The molecule has 3 rings (SSSR count). The lowest BCUT2D eigenvalue weighted by Gasteiger charge is -2.09. The molecule has 0 fully saturated rings. The zero-order valence-corrected chi connectivity index (χ0v) is 14.7. The molecule has 2 aromatic carbocycles. The molecule has 0 aliphatic rings. The van der Waals surface area contributed by atoms with Crippen molar-refractivity contribution in [2.24, 2.45) is 0 Å². The highest BCUT2D eigenvalue weighted by Crippen LogP contribution is 2.16. The molecule has 0 atom stereocenters. The molecule has 26 heavy (non-hydrogen) atoms. The number of rotatable bonds is 5. The largest absolute Gasteiger partial charge is 0.366 e. The molecule has 5 nitrogen and oxygen atoms in total. The van der Waals surface area contributed by atoms with Gasteiger partial charge in [0.1, 0.15) is 23.2 Å². The highest BCUT2D eigenvalue weighted by atomic mass is 35.5. The van der Waals surface area contributed by atoms with E-state index in [2.05, 4.69) is 20.6 Å². The number of nitrogens with one attached hydrogen (secondary N) is 2. The minimum Gasteiger partial charge on any atom is -0.366 e. The Morgan fingerprint density at radius 2 is 1.88 bits per heavy atom. The Hall–Kier alpha value is -2.99. The lowest BCUT2D eigenvalue weighted by atomic mass is 10.2. The summed E-state index contributed by atoms with van der Waals surface area (Å²) in [7, 11) is 0. The van der Waals surface area contributed by atoms with Gasteiger partial charge in [-0.2, -0.15) is 0 Å². The quantitative estimate of drug-likeness (QED) is 0.696. The molecule has 0 saturated heterocycles. The monoisotopic (exact) mass is 370 g/mol. The molecule has 0 bridgehead atoms. The van der Waals surface area contributed by atoms with Crippen molar-refractivity contribution in [2.45, 2.75) is 13.5 Å². The summed E-state index contributed by atoms with van der Waals surface area (Å²) < 4.78 is 13.0. The van der Waals surface area contributed by atoms with Gasteiger partial charge >= 0.3 is 0 Å². The molecule has 1 amide bonds. The predicted octanol–water partition coefficient (Wildman–Crippen LogP) is 4.44. The second-order valence-electron chi connectivity index (χ2n) is 5.63. The molecular weight excluding hydrogens is 355 g/mol. The first kappa shape index (κ1) is 17.8. The van der Waals surface area contributed by atoms with Crippen LogP contribution in [0.1, 0.15) is 21.9 Å². The maximum atomic E-state index is 13.0. The number of hydrogen-bond acceptors (Lipinski definition) is 4. The van der Waals surface area contributed by atoms with Gasteiger partial charge in [0.2, 0.25) is 0 Å². The van der Waals surface area contributed by atoms with E-state index in [1.807, 2.05) is 0 Å². The highest BCUT2D eigenvalue weighted by molar-refractivity contribution is 6.30. The van der Waals surface area contributed by atoms with Crippen LogP contribution in [-0.4, -0.2) is 15.9 Å². The van der Waals surface area contributed by atoms with Gasteiger partial charge < -0.3 is 10.6 Å². The number of carbonyl (C=O) groups excluding carboxylic acids is 1. The third kappa shape index (κ3) is 4.77. The van der Waals surface area contributed by atoms with E-state index < -0.39 is 0 Å². The van der Waals surface area contributed by atoms with Crippen molar-refractivity contribution < 1.29 is 9.18 Å². The van der Waals surface area contributed by atoms with Gasteiger partial charge in [-0.05, 0) is 42.8 Å². The third-order valence-corrected chi connectivity index (χ3v) is 3.78. The molecule has 0 radical (unpaired) electrons. The van der Waals surface area contributed by atoms with Crippen molar-refractivity contribution in [3.05, 3.63) is 82.5 Å². The van der Waals surface area contributed by atoms with Crippen molar-refractivity contribution in [3.8, 4) is 0 Å². The van der Waals surface area contributed by atoms with Crippen LogP contribution < -0.4 is 10.6 Å². The van der Waals surface area contributed by atoms with E-state index in [4.69, 9.17) is 11.6 Å². The Balaban J connectivity index is 1.72. The van der Waals surface area contributed by atoms with E-state index in [9.17, 15) is 9.18 Å². The van der Waals surface area contributed by atoms with Crippen LogP contribution in [0.25, 0.3) is 0 Å². The van der Waals surface area contributed by atoms with Crippen LogP contribution in [0.3, 0.4) is 0 Å². The van der Waals surface area contributed by atoms with E-state index in [1.54, 1.807) is 49.4 Å². The Morgan fingerprint density at radius 1 is 1.12 bits per heavy atom. The Labute approximate surface area is 155 Å². The van der Waals surface area contributed by atoms with Crippen molar-refractivity contribution in [1.82, 2.24) is 9.97 Å². The fourth-order valence-electron chi connectivity index (χ4n) is 2.33. The van der Waals surface area contributed by atoms with E-state index in [-0.39, 0.29) is 17.4 Å². The normalized spacial score (nSPS) is 10.4. The van der Waals surface area contributed by atoms with Crippen molar-refractivity contribution >= 4 is 29.0 Å². The number of aromatic nitrogens is 2. The summed E-state index contributed by atoms with van der Waals surface area (Å²) in [6.07, 6.45) is 0. The Morgan fingerprint density at radius 3 is 2.62 bits per heavy atom. The minimum atomic E-state index is -0.359. The number of amides is 1. The predicted molar refractivity (Wildman–Crippen MR) is 99.9 cm³/mol. The lowest BCUT2D eigenvalue weighted by Crippen LogP contribution is -2.15. The van der Waals surface area contributed by atoms with Crippen LogP contribution in [0.4, 0.5) is 15.9 Å². The number of hydrogen-bond donors (Lipinski definition) is 2. The topological polar surface area (TPSA) is 66.9 Å². The maximum Gasteiger partial charge on any atom is 0.274 e. The molecule has 2 N–H and O–H groups in total. The lowest BCUT2D eigenvalue weighted by molar-refractivity contribution is 0.102. The number of nitrogens with zero attached hydrogens (tertiary/aromatic N) is 2. The Bertz CT molecular complexity index is 931. The van der Waals surface area contributed by atoms with Crippen LogP contribution in [-0.2, 0) is 6.54 Å². The third-order valence-electron chi connectivity index (χ3n) is 3.54. The van der Waals surface area contributed by atoms with Crippen LogP contribution in [0.15, 0.2) is 54.6 Å². The molecule has 0 aliphatic carbocycles. The van der Waals surface area contributed by atoms with Gasteiger partial charge in [0.15, 0.2) is 0 Å². The molecule has 0 spiro atoms. The van der Waals surface area contributed by atoms with Gasteiger partial charge in [-0.3, -0.25) is 4.79 Å². The van der Waals surface area contributed by atoms with Crippen LogP contribution in [0, 0.1) is 12.7 Å². The first-order valence-corrected chi connectivity index (χ1v) is 8.28. The van der Waals surface area contributed by atoms with E-state index >= 15 is 0 Å². The average molecular weight is 371 g/mol. The minimum absolute atomic E-state index is 0.235. The first-order valence-electron chi connectivity index (χ1n) is 7.90. The van der Waals surface area contributed by atoms with Gasteiger partial charge in [0, 0.05) is 23.3 Å². The van der Waals surface area contributed by atoms with E-state index in [1.165, 1.54) is 12.1 Å². The zero-order chi connectivity index (χ0) is 18.5. The SMILES string of the molecule is Cc1nc(NCc2ccc(F)cc2)cc(C(=O)Nc2cccc(Cl)c2)n1. The summed E-state index contributed by atoms with van der Waals surface area (Å²) in [6.45, 7) is 2.16. The average Bonchev–Trinajstić information content (AvgIpc) is 2.61. The number of carbonyl (C=O) groups is 1. The smallest absolute Gasteiger partial charge is 0.274 e. The van der Waals surface area contributed by atoms with Gasteiger partial charge in [0.25, 0.3) is 5.91 Å². The second-order valence-corrected chi connectivity index (χ2v) is 6.07. The van der Waals surface area contributed by atoms with Crippen molar-refractivity contribution in [1.29, 1.82) is 0 Å². The van der Waals surface area contributed by atoms with Gasteiger partial charge in [0.05, 0.1) is 0 Å². The van der Waals surface area contributed by atoms with Crippen LogP contribution >= 0.6 is 11.6 Å². The fraction of sp³-hybridized carbons (Fsp3) is 0.105. The molecule has 1 aromatic heterocycles. The zero-order valence-electron chi connectivity index (χ0n) is 14.0. The maximum absolute atomic E-state index is 13.0. The standard InChI is InChI=1S/C19H16ClFN4O/c1-12-23-17(19(26)25-16-4-2-3-14(20)9-16)10-18(24-12)22-11-13-5-7-15(21)8-6-13/h2-10H,11H2,1H3,(H,25,26)(H,22,23,24). The van der Waals surface area contributed by atoms with E-state index in [0.717, 1.165) is 5.56 Å². The summed E-state index contributed by atoms with van der Waals surface area (Å²) in [5, 5.41) is 6.40. The molecule has 0 unspecified atom stereocenters. The van der Waals surface area contributed by atoms with E-state index in [0.29, 0.717) is 28.9 Å². The fourth-order valence-corrected chi connectivity index (χ4v) is 2.52. The van der Waals surface area contributed by atoms with Gasteiger partial charge in [-0.25, -0.2) is 14.4 Å². The Kier molecular flexibility index (Phi) is 5.43. The van der Waals surface area contributed by atoms with Gasteiger partial charge in [-0.15, -0.1) is 0 Å². The first-order chi connectivity index (χ1) is 12.5. The number of anilines is 2. The number of halogens is 2. The molecule has 132 valence electrons. The van der Waals surface area contributed by atoms with Crippen molar-refractivity contribution in [2.75, 3.05) is 10.6 Å². The molecule has 3 aromatic rings.